The van der Waals surface area contributed by atoms with Gasteiger partial charge in [-0.2, -0.15) is 0 Å². The largest absolute Gasteiger partial charge is 0.365 e. The Kier molecular flexibility index (Phi) is 4.42. The average molecular weight is 318 g/mol. The molecule has 3 heterocycles. The fourth-order valence-electron chi connectivity index (χ4n) is 2.64. The van der Waals surface area contributed by atoms with E-state index in [1.165, 1.54) is 11.3 Å². The van der Waals surface area contributed by atoms with Crippen LogP contribution in [0.3, 0.4) is 0 Å². The minimum absolute atomic E-state index is 0.392. The zero-order valence-corrected chi connectivity index (χ0v) is 14.1. The van der Waals surface area contributed by atoms with Crippen LogP contribution in [0.1, 0.15) is 17.7 Å². The van der Waals surface area contributed by atoms with Crippen molar-refractivity contribution in [3.05, 3.63) is 23.5 Å². The second-order valence-corrected chi connectivity index (χ2v) is 7.05. The number of hydrogen-bond acceptors (Lipinski definition) is 7. The van der Waals surface area contributed by atoms with Crippen molar-refractivity contribution in [1.82, 2.24) is 15.0 Å². The summed E-state index contributed by atoms with van der Waals surface area (Å²) < 4.78 is 0. The van der Waals surface area contributed by atoms with E-state index in [-0.39, 0.29) is 0 Å². The zero-order valence-electron chi connectivity index (χ0n) is 13.3. The van der Waals surface area contributed by atoms with Gasteiger partial charge in [0, 0.05) is 50.4 Å². The molecule has 6 nitrogen and oxygen atoms in total. The van der Waals surface area contributed by atoms with Crippen LogP contribution < -0.4 is 15.1 Å². The molecule has 0 spiro atoms. The number of rotatable bonds is 4. The highest BCUT2D eigenvalue weighted by atomic mass is 32.1. The van der Waals surface area contributed by atoms with Crippen LogP contribution in [-0.2, 0) is 0 Å². The van der Waals surface area contributed by atoms with E-state index in [9.17, 15) is 0 Å². The van der Waals surface area contributed by atoms with Crippen LogP contribution in [-0.4, -0.2) is 48.2 Å². The normalized spacial score (nSPS) is 18.3. The molecule has 1 saturated heterocycles. The Morgan fingerprint density at radius 3 is 2.91 bits per heavy atom. The molecule has 1 atom stereocenters. The Labute approximate surface area is 135 Å². The monoisotopic (exact) mass is 318 g/mol. The van der Waals surface area contributed by atoms with E-state index in [1.807, 2.05) is 31.3 Å². The maximum absolute atomic E-state index is 4.50. The summed E-state index contributed by atoms with van der Waals surface area (Å²) in [5.74, 6) is 1.81. The topological polar surface area (TPSA) is 57.2 Å². The third kappa shape index (κ3) is 3.47. The molecule has 2 aromatic rings. The minimum atomic E-state index is 0.392. The summed E-state index contributed by atoms with van der Waals surface area (Å²) in [5.41, 5.74) is 0. The van der Waals surface area contributed by atoms with Gasteiger partial charge in [0.1, 0.15) is 18.0 Å². The molecule has 1 fully saturated rings. The highest BCUT2D eigenvalue weighted by molar-refractivity contribution is 7.15. The van der Waals surface area contributed by atoms with Crippen molar-refractivity contribution in [1.29, 1.82) is 0 Å². The number of aryl methyl sites for hydroxylation is 1. The van der Waals surface area contributed by atoms with Crippen molar-refractivity contribution in [3.8, 4) is 0 Å². The summed E-state index contributed by atoms with van der Waals surface area (Å²) in [7, 11) is 3.97. The van der Waals surface area contributed by atoms with Crippen LogP contribution in [0, 0.1) is 6.92 Å². The van der Waals surface area contributed by atoms with Gasteiger partial charge in [0.05, 0.1) is 0 Å². The van der Waals surface area contributed by atoms with E-state index in [1.54, 1.807) is 17.7 Å². The van der Waals surface area contributed by atoms with Gasteiger partial charge in [-0.15, -0.1) is 11.3 Å². The summed E-state index contributed by atoms with van der Waals surface area (Å²) in [5, 5.41) is 4.67. The highest BCUT2D eigenvalue weighted by Gasteiger charge is 2.22. The van der Waals surface area contributed by atoms with Gasteiger partial charge in [-0.1, -0.05) is 0 Å². The van der Waals surface area contributed by atoms with Crippen molar-refractivity contribution < 1.29 is 0 Å². The van der Waals surface area contributed by atoms with Crippen LogP contribution >= 0.6 is 11.3 Å². The van der Waals surface area contributed by atoms with Crippen LogP contribution in [0.15, 0.2) is 18.6 Å². The first kappa shape index (κ1) is 15.0. The molecular formula is C15H22N6S. The second kappa shape index (κ2) is 6.48. The third-order valence-electron chi connectivity index (χ3n) is 3.76. The fraction of sp³-hybridized carbons (Fsp3) is 0.533. The quantitative estimate of drug-likeness (QED) is 0.934. The lowest BCUT2D eigenvalue weighted by molar-refractivity contribution is 0.528. The van der Waals surface area contributed by atoms with Crippen molar-refractivity contribution in [3.63, 3.8) is 0 Å². The van der Waals surface area contributed by atoms with Crippen LogP contribution in [0.4, 0.5) is 16.8 Å². The van der Waals surface area contributed by atoms with E-state index in [4.69, 9.17) is 0 Å². The van der Waals surface area contributed by atoms with Crippen molar-refractivity contribution >= 4 is 28.1 Å². The van der Waals surface area contributed by atoms with Gasteiger partial charge in [0.15, 0.2) is 5.13 Å². The molecule has 0 bridgehead atoms. The molecule has 22 heavy (non-hydrogen) atoms. The molecule has 0 radical (unpaired) electrons. The zero-order chi connectivity index (χ0) is 15.5. The first-order valence-electron chi connectivity index (χ1n) is 7.55. The summed E-state index contributed by atoms with van der Waals surface area (Å²) in [6.07, 6.45) is 5.89. The van der Waals surface area contributed by atoms with Crippen LogP contribution in [0.25, 0.3) is 0 Å². The Morgan fingerprint density at radius 1 is 1.32 bits per heavy atom. The Bertz CT molecular complexity index is 626. The Morgan fingerprint density at radius 2 is 2.18 bits per heavy atom. The smallest absolute Gasteiger partial charge is 0.185 e. The van der Waals surface area contributed by atoms with E-state index >= 15 is 0 Å². The number of piperidine rings is 1. The predicted molar refractivity (Wildman–Crippen MR) is 92.1 cm³/mol. The lowest BCUT2D eigenvalue weighted by Gasteiger charge is -2.33. The predicted octanol–water partition coefficient (Wildman–Crippen LogP) is 2.39. The van der Waals surface area contributed by atoms with Crippen molar-refractivity contribution in [2.75, 3.05) is 42.3 Å². The van der Waals surface area contributed by atoms with Crippen LogP contribution in [0.2, 0.25) is 0 Å². The third-order valence-corrected chi connectivity index (χ3v) is 4.74. The van der Waals surface area contributed by atoms with E-state index < -0.39 is 0 Å². The van der Waals surface area contributed by atoms with E-state index in [2.05, 4.69) is 32.1 Å². The SMILES string of the molecule is Cc1cnc(N2CCCC(Nc3cc(N(C)C)ncn3)C2)s1. The number of aromatic nitrogens is 3. The van der Waals surface area contributed by atoms with Gasteiger partial charge in [0.25, 0.3) is 0 Å². The van der Waals surface area contributed by atoms with Crippen LogP contribution in [0.5, 0.6) is 0 Å². The molecule has 1 aliphatic rings. The molecule has 0 amide bonds. The van der Waals surface area contributed by atoms with E-state index in [0.29, 0.717) is 6.04 Å². The van der Waals surface area contributed by atoms with Gasteiger partial charge in [0.2, 0.25) is 0 Å². The molecule has 0 aromatic carbocycles. The number of anilines is 3. The van der Waals surface area contributed by atoms with Crippen molar-refractivity contribution in [2.45, 2.75) is 25.8 Å². The lowest BCUT2D eigenvalue weighted by atomic mass is 10.1. The lowest BCUT2D eigenvalue weighted by Crippen LogP contribution is -2.42. The maximum Gasteiger partial charge on any atom is 0.185 e. The second-order valence-electron chi connectivity index (χ2n) is 5.84. The van der Waals surface area contributed by atoms with Gasteiger partial charge in [-0.25, -0.2) is 15.0 Å². The van der Waals surface area contributed by atoms with Gasteiger partial charge >= 0.3 is 0 Å². The molecular weight excluding hydrogens is 296 g/mol. The molecule has 2 aromatic heterocycles. The number of thiazole rings is 1. The Balaban J connectivity index is 1.66. The molecule has 7 heteroatoms. The summed E-state index contributed by atoms with van der Waals surface area (Å²) in [6, 6.07) is 2.38. The van der Waals surface area contributed by atoms with Crippen molar-refractivity contribution in [2.24, 2.45) is 0 Å². The van der Waals surface area contributed by atoms with E-state index in [0.717, 1.165) is 36.3 Å². The molecule has 118 valence electrons. The molecule has 0 saturated carbocycles. The number of nitrogens with zero attached hydrogens (tertiary/aromatic N) is 5. The number of hydrogen-bond donors (Lipinski definition) is 1. The standard InChI is InChI=1S/C15H22N6S/c1-11-8-16-15(22-11)21-6-4-5-12(9-21)19-13-7-14(20(2)3)18-10-17-13/h7-8,10,12H,4-6,9H2,1-3H3,(H,17,18,19). The summed E-state index contributed by atoms with van der Waals surface area (Å²) in [4.78, 5) is 18.7. The molecule has 0 aliphatic carbocycles. The first-order valence-corrected chi connectivity index (χ1v) is 8.37. The van der Waals surface area contributed by atoms with Gasteiger partial charge in [-0.05, 0) is 19.8 Å². The van der Waals surface area contributed by atoms with Gasteiger partial charge < -0.3 is 15.1 Å². The highest BCUT2D eigenvalue weighted by Crippen LogP contribution is 2.26. The Hall–Kier alpha value is -1.89. The molecule has 1 aliphatic heterocycles. The molecule has 3 rings (SSSR count). The molecule has 1 N–H and O–H groups in total. The summed E-state index contributed by atoms with van der Waals surface area (Å²) in [6.45, 7) is 4.15. The first-order chi connectivity index (χ1) is 10.6. The summed E-state index contributed by atoms with van der Waals surface area (Å²) >= 11 is 1.76. The fourth-order valence-corrected chi connectivity index (χ4v) is 3.43. The minimum Gasteiger partial charge on any atom is -0.365 e. The molecule has 1 unspecified atom stereocenters. The average Bonchev–Trinajstić information content (AvgIpc) is 2.94. The number of nitrogens with one attached hydrogen (secondary N) is 1. The van der Waals surface area contributed by atoms with Gasteiger partial charge in [-0.3, -0.25) is 0 Å². The maximum atomic E-state index is 4.50.